The molecule has 0 unspecified atom stereocenters. The van der Waals surface area contributed by atoms with E-state index < -0.39 is 10.0 Å². The number of aromatic nitrogens is 1. The normalized spacial score (nSPS) is 19.0. The topological polar surface area (TPSA) is 82.6 Å². The molecule has 5 rings (SSSR count). The lowest BCUT2D eigenvalue weighted by atomic mass is 9.98. The van der Waals surface area contributed by atoms with Gasteiger partial charge in [-0.2, -0.15) is 0 Å². The third kappa shape index (κ3) is 4.48. The molecule has 1 amide bonds. The Bertz CT molecular complexity index is 1300. The highest BCUT2D eigenvalue weighted by atomic mass is 35.5. The van der Waals surface area contributed by atoms with E-state index in [4.69, 9.17) is 23.2 Å². The molecule has 172 valence electrons. The molecule has 1 N–H and O–H groups in total. The van der Waals surface area contributed by atoms with Crippen LogP contribution in [0.3, 0.4) is 0 Å². The van der Waals surface area contributed by atoms with E-state index in [1.165, 1.54) is 35.2 Å². The van der Waals surface area contributed by atoms with Crippen molar-refractivity contribution < 1.29 is 13.2 Å². The molecule has 2 aliphatic heterocycles. The van der Waals surface area contributed by atoms with Crippen molar-refractivity contribution in [2.45, 2.75) is 30.3 Å². The summed E-state index contributed by atoms with van der Waals surface area (Å²) in [4.78, 5) is 21.2. The predicted molar refractivity (Wildman–Crippen MR) is 131 cm³/mol. The third-order valence-corrected chi connectivity index (χ3v) is 8.91. The van der Waals surface area contributed by atoms with Gasteiger partial charge in [-0.15, -0.1) is 11.3 Å². The smallest absolute Gasteiger partial charge is 0.263 e. The number of nitrogens with one attached hydrogen (secondary N) is 1. The first-order chi connectivity index (χ1) is 15.8. The monoisotopic (exact) mass is 522 g/mol. The molecule has 1 fully saturated rings. The van der Waals surface area contributed by atoms with Gasteiger partial charge < -0.3 is 4.90 Å². The van der Waals surface area contributed by atoms with Gasteiger partial charge in [-0.3, -0.25) is 14.4 Å². The van der Waals surface area contributed by atoms with E-state index in [9.17, 15) is 13.2 Å². The maximum atomic E-state index is 13.2. The van der Waals surface area contributed by atoms with Crippen LogP contribution >= 0.6 is 34.5 Å². The number of nitrogens with zero attached hydrogens (tertiary/aromatic N) is 3. The van der Waals surface area contributed by atoms with Crippen LogP contribution in [0.25, 0.3) is 0 Å². The number of thiazole rings is 1. The summed E-state index contributed by atoms with van der Waals surface area (Å²) in [5.74, 6) is 0.0232. The number of amides is 1. The van der Waals surface area contributed by atoms with E-state index in [-0.39, 0.29) is 16.8 Å². The Balaban J connectivity index is 1.29. The lowest BCUT2D eigenvalue weighted by Gasteiger charge is -2.33. The van der Waals surface area contributed by atoms with E-state index in [1.54, 1.807) is 22.4 Å². The molecule has 1 atom stereocenters. The van der Waals surface area contributed by atoms with Crippen LogP contribution in [-0.2, 0) is 27.8 Å². The quantitative estimate of drug-likeness (QED) is 0.536. The highest BCUT2D eigenvalue weighted by molar-refractivity contribution is 7.93. The van der Waals surface area contributed by atoms with Crippen molar-refractivity contribution >= 4 is 61.3 Å². The van der Waals surface area contributed by atoms with Crippen LogP contribution in [0.15, 0.2) is 52.9 Å². The summed E-state index contributed by atoms with van der Waals surface area (Å²) in [7, 11) is -3.73. The first-order valence-corrected chi connectivity index (χ1v) is 13.5. The zero-order valence-electron chi connectivity index (χ0n) is 17.4. The molecule has 7 nitrogen and oxygen atoms in total. The molecule has 2 aliphatic rings. The molecule has 1 saturated heterocycles. The fraction of sp³-hybridized carbons (Fsp3) is 0.273. The maximum absolute atomic E-state index is 13.2. The van der Waals surface area contributed by atoms with Crippen molar-refractivity contribution in [1.29, 1.82) is 0 Å². The van der Waals surface area contributed by atoms with Gasteiger partial charge in [0.05, 0.1) is 21.0 Å². The molecule has 0 aliphatic carbocycles. The van der Waals surface area contributed by atoms with Gasteiger partial charge in [0.25, 0.3) is 10.0 Å². The van der Waals surface area contributed by atoms with Crippen LogP contribution in [0.2, 0.25) is 10.0 Å². The van der Waals surface area contributed by atoms with E-state index in [0.717, 1.165) is 18.5 Å². The Hall–Kier alpha value is -2.17. The molecule has 3 aromatic rings. The van der Waals surface area contributed by atoms with Gasteiger partial charge in [0.15, 0.2) is 5.13 Å². The minimum Gasteiger partial charge on any atom is -0.311 e. The standard InChI is InChI=1S/C22H20Cl2N4O3S2/c23-18-11-14-5-8-27(13-15(14)12-19(18)24)20-6-9-28(21(20)29)16-1-3-17(4-2-16)33(30,31)26-22-25-7-10-32-22/h1-4,7,10-12,20H,5-6,8-9,13H2,(H,25,26)/t20-/m0/s1. The van der Waals surface area contributed by atoms with Gasteiger partial charge in [-0.1, -0.05) is 23.2 Å². The third-order valence-electron chi connectivity index (χ3n) is 6.02. The average Bonchev–Trinajstić information content (AvgIpc) is 3.43. The summed E-state index contributed by atoms with van der Waals surface area (Å²) in [5.41, 5.74) is 2.96. The van der Waals surface area contributed by atoms with Crippen LogP contribution in [-0.4, -0.2) is 43.3 Å². The van der Waals surface area contributed by atoms with Crippen molar-refractivity contribution in [2.75, 3.05) is 22.7 Å². The van der Waals surface area contributed by atoms with Crippen LogP contribution in [0, 0.1) is 0 Å². The van der Waals surface area contributed by atoms with Gasteiger partial charge in [0.2, 0.25) is 5.91 Å². The number of rotatable bonds is 5. The summed E-state index contributed by atoms with van der Waals surface area (Å²) in [6.45, 7) is 2.00. The number of carbonyl (C=O) groups is 1. The lowest BCUT2D eigenvalue weighted by Crippen LogP contribution is -2.44. The second-order valence-electron chi connectivity index (χ2n) is 7.99. The molecule has 33 heavy (non-hydrogen) atoms. The molecular weight excluding hydrogens is 503 g/mol. The molecule has 2 aromatic carbocycles. The summed E-state index contributed by atoms with van der Waals surface area (Å²) >= 11 is 13.5. The molecule has 0 radical (unpaired) electrons. The maximum Gasteiger partial charge on any atom is 0.263 e. The molecule has 1 aromatic heterocycles. The number of halogens is 2. The van der Waals surface area contributed by atoms with Crippen LogP contribution < -0.4 is 9.62 Å². The lowest BCUT2D eigenvalue weighted by molar-refractivity contribution is -0.122. The van der Waals surface area contributed by atoms with Crippen molar-refractivity contribution in [2.24, 2.45) is 0 Å². The second kappa shape index (κ2) is 8.88. The number of anilines is 2. The summed E-state index contributed by atoms with van der Waals surface area (Å²) < 4.78 is 27.6. The SMILES string of the molecule is O=C1[C@@H](N2CCc3cc(Cl)c(Cl)cc3C2)CCN1c1ccc(S(=O)(=O)Nc2nccs2)cc1. The Morgan fingerprint density at radius 1 is 1.06 bits per heavy atom. The molecular formula is C22H20Cl2N4O3S2. The average molecular weight is 523 g/mol. The number of benzene rings is 2. The summed E-state index contributed by atoms with van der Waals surface area (Å²) in [6, 6.07) is 9.94. The van der Waals surface area contributed by atoms with Gasteiger partial charge in [-0.05, 0) is 60.4 Å². The summed E-state index contributed by atoms with van der Waals surface area (Å²) in [6.07, 6.45) is 3.06. The Labute approximate surface area is 206 Å². The van der Waals surface area contributed by atoms with E-state index in [2.05, 4.69) is 14.6 Å². The number of carbonyl (C=O) groups excluding carboxylic acids is 1. The first-order valence-electron chi connectivity index (χ1n) is 10.4. The minimum atomic E-state index is -3.73. The number of hydrogen-bond acceptors (Lipinski definition) is 6. The summed E-state index contributed by atoms with van der Waals surface area (Å²) in [5, 5.41) is 3.08. The van der Waals surface area contributed by atoms with Crippen molar-refractivity contribution in [3.05, 3.63) is 69.1 Å². The van der Waals surface area contributed by atoms with Crippen molar-refractivity contribution in [3.63, 3.8) is 0 Å². The Morgan fingerprint density at radius 2 is 1.79 bits per heavy atom. The van der Waals surface area contributed by atoms with Gasteiger partial charge in [0.1, 0.15) is 0 Å². The molecule has 3 heterocycles. The minimum absolute atomic E-state index is 0.0232. The molecule has 0 spiro atoms. The fourth-order valence-electron chi connectivity index (χ4n) is 4.35. The van der Waals surface area contributed by atoms with Crippen LogP contribution in [0.5, 0.6) is 0 Å². The highest BCUT2D eigenvalue weighted by Crippen LogP contribution is 2.33. The number of fused-ring (bicyclic) bond motifs is 1. The fourth-order valence-corrected chi connectivity index (χ4v) is 6.51. The first kappa shape index (κ1) is 22.6. The van der Waals surface area contributed by atoms with Gasteiger partial charge >= 0.3 is 0 Å². The van der Waals surface area contributed by atoms with Gasteiger partial charge in [-0.25, -0.2) is 13.4 Å². The zero-order chi connectivity index (χ0) is 23.2. The second-order valence-corrected chi connectivity index (χ2v) is 11.4. The molecule has 11 heteroatoms. The number of sulfonamides is 1. The van der Waals surface area contributed by atoms with Gasteiger partial charge in [0, 0.05) is 36.9 Å². The van der Waals surface area contributed by atoms with Crippen molar-refractivity contribution in [3.8, 4) is 0 Å². The predicted octanol–water partition coefficient (Wildman–Crippen LogP) is 4.41. The van der Waals surface area contributed by atoms with E-state index in [1.807, 2.05) is 12.1 Å². The zero-order valence-corrected chi connectivity index (χ0v) is 20.5. The Morgan fingerprint density at radius 3 is 2.48 bits per heavy atom. The Kier molecular flexibility index (Phi) is 6.09. The molecule has 0 saturated carbocycles. The largest absolute Gasteiger partial charge is 0.311 e. The number of hydrogen-bond donors (Lipinski definition) is 1. The van der Waals surface area contributed by atoms with E-state index >= 15 is 0 Å². The van der Waals surface area contributed by atoms with Crippen molar-refractivity contribution in [1.82, 2.24) is 9.88 Å². The van der Waals surface area contributed by atoms with Crippen LogP contribution in [0.1, 0.15) is 17.5 Å². The van der Waals surface area contributed by atoms with E-state index in [0.29, 0.717) is 40.4 Å². The highest BCUT2D eigenvalue weighted by Gasteiger charge is 2.38. The molecule has 0 bridgehead atoms. The van der Waals surface area contributed by atoms with Crippen LogP contribution in [0.4, 0.5) is 10.8 Å².